The summed E-state index contributed by atoms with van der Waals surface area (Å²) in [4.78, 5) is 38.9. The summed E-state index contributed by atoms with van der Waals surface area (Å²) in [5.41, 5.74) is 1.31. The summed E-state index contributed by atoms with van der Waals surface area (Å²) in [6.45, 7) is 0. The molecule has 0 aliphatic carbocycles. The lowest BCUT2D eigenvalue weighted by Crippen LogP contribution is -2.29. The number of benzene rings is 3. The average molecular weight is 477 g/mol. The van der Waals surface area contributed by atoms with Gasteiger partial charge in [0.1, 0.15) is 5.58 Å². The molecular weight excluding hydrogens is 464 g/mol. The Balaban J connectivity index is 1.79. The number of nitro groups is 1. The second-order valence-electron chi connectivity index (χ2n) is 7.08. The Labute approximate surface area is 183 Å². The van der Waals surface area contributed by atoms with Crippen molar-refractivity contribution < 1.29 is 14.1 Å². The lowest BCUT2D eigenvalue weighted by Gasteiger charge is -2.25. The normalized spacial score (nSPS) is 15.3. The van der Waals surface area contributed by atoms with Gasteiger partial charge in [-0.25, -0.2) is 0 Å². The molecule has 0 bridgehead atoms. The monoisotopic (exact) mass is 476 g/mol. The summed E-state index contributed by atoms with van der Waals surface area (Å²) in [7, 11) is 0. The summed E-state index contributed by atoms with van der Waals surface area (Å²) in [6, 6.07) is 19.0. The third-order valence-corrected chi connectivity index (χ3v) is 5.78. The second kappa shape index (κ2) is 7.17. The number of halogens is 1. The molecule has 3 aromatic carbocycles. The molecule has 1 amide bonds. The molecule has 0 saturated carbocycles. The van der Waals surface area contributed by atoms with E-state index in [1.807, 2.05) is 6.07 Å². The van der Waals surface area contributed by atoms with Crippen LogP contribution in [0.1, 0.15) is 27.7 Å². The van der Waals surface area contributed by atoms with Gasteiger partial charge in [-0.2, -0.15) is 0 Å². The van der Waals surface area contributed by atoms with E-state index in [4.69, 9.17) is 4.42 Å². The van der Waals surface area contributed by atoms with E-state index < -0.39 is 16.9 Å². The van der Waals surface area contributed by atoms with E-state index in [-0.39, 0.29) is 22.4 Å². The summed E-state index contributed by atoms with van der Waals surface area (Å²) < 4.78 is 6.65. The van der Waals surface area contributed by atoms with Crippen LogP contribution in [0.25, 0.3) is 11.0 Å². The van der Waals surface area contributed by atoms with Gasteiger partial charge in [0, 0.05) is 22.3 Å². The molecule has 5 rings (SSSR count). The van der Waals surface area contributed by atoms with Crippen molar-refractivity contribution in [2.75, 3.05) is 4.90 Å². The first-order valence-corrected chi connectivity index (χ1v) is 10.1. The molecule has 0 saturated heterocycles. The van der Waals surface area contributed by atoms with Crippen LogP contribution in [0.2, 0.25) is 0 Å². The number of hydrogen-bond acceptors (Lipinski definition) is 5. The van der Waals surface area contributed by atoms with Gasteiger partial charge in [0.15, 0.2) is 5.43 Å². The minimum absolute atomic E-state index is 0.0213. The Bertz CT molecular complexity index is 1430. The Morgan fingerprint density at radius 2 is 1.71 bits per heavy atom. The summed E-state index contributed by atoms with van der Waals surface area (Å²) >= 11 is 3.42. The van der Waals surface area contributed by atoms with Crippen LogP contribution < -0.4 is 10.3 Å². The number of non-ortho nitro benzene ring substituents is 1. The Morgan fingerprint density at radius 3 is 2.42 bits per heavy atom. The first-order chi connectivity index (χ1) is 15.0. The molecule has 31 heavy (non-hydrogen) atoms. The molecule has 1 aromatic heterocycles. The van der Waals surface area contributed by atoms with E-state index in [9.17, 15) is 19.7 Å². The number of carbonyl (C=O) groups excluding carboxylic acids is 1. The van der Waals surface area contributed by atoms with Crippen LogP contribution in [0.5, 0.6) is 0 Å². The van der Waals surface area contributed by atoms with Crippen molar-refractivity contribution in [1.82, 2.24) is 0 Å². The molecule has 152 valence electrons. The number of amides is 1. The maximum Gasteiger partial charge on any atom is 0.295 e. The van der Waals surface area contributed by atoms with Crippen molar-refractivity contribution in [3.8, 4) is 0 Å². The highest BCUT2D eigenvalue weighted by Gasteiger charge is 2.43. The maximum absolute atomic E-state index is 13.4. The molecule has 4 aromatic rings. The standard InChI is InChI=1S/C23H13BrN2O5/c24-14-4-3-5-16(12-14)25-20(13-8-10-15(11-9-13)26(29)30)19-21(27)17-6-1-2-7-18(17)31-22(19)23(25)28/h1-12,20H/t20-/m1/s1. The largest absolute Gasteiger partial charge is 0.450 e. The van der Waals surface area contributed by atoms with Crippen LogP contribution in [0.4, 0.5) is 11.4 Å². The highest BCUT2D eigenvalue weighted by Crippen LogP contribution is 2.42. The molecule has 1 atom stereocenters. The van der Waals surface area contributed by atoms with Gasteiger partial charge in [-0.1, -0.05) is 34.1 Å². The fraction of sp³-hybridized carbons (Fsp3) is 0.0435. The Kier molecular flexibility index (Phi) is 4.44. The number of para-hydroxylation sites is 1. The van der Waals surface area contributed by atoms with Gasteiger partial charge in [0.05, 0.1) is 21.9 Å². The minimum Gasteiger partial charge on any atom is -0.450 e. The summed E-state index contributed by atoms with van der Waals surface area (Å²) in [5, 5.41) is 11.5. The van der Waals surface area contributed by atoms with Crippen LogP contribution in [-0.4, -0.2) is 10.8 Å². The van der Waals surface area contributed by atoms with Gasteiger partial charge >= 0.3 is 0 Å². The van der Waals surface area contributed by atoms with E-state index in [0.717, 1.165) is 4.47 Å². The molecule has 0 spiro atoms. The quantitative estimate of drug-likeness (QED) is 0.298. The highest BCUT2D eigenvalue weighted by molar-refractivity contribution is 9.10. The van der Waals surface area contributed by atoms with Crippen molar-refractivity contribution in [2.24, 2.45) is 0 Å². The van der Waals surface area contributed by atoms with E-state index in [2.05, 4.69) is 15.9 Å². The molecule has 0 N–H and O–H groups in total. The molecule has 0 unspecified atom stereocenters. The van der Waals surface area contributed by atoms with E-state index in [1.165, 1.54) is 17.0 Å². The first-order valence-electron chi connectivity index (χ1n) is 9.35. The molecule has 1 aliphatic rings. The Hall–Kier alpha value is -3.78. The zero-order chi connectivity index (χ0) is 21.7. The van der Waals surface area contributed by atoms with Crippen LogP contribution in [0.15, 0.2) is 86.5 Å². The van der Waals surface area contributed by atoms with Gasteiger partial charge in [-0.05, 0) is 48.0 Å². The van der Waals surface area contributed by atoms with Crippen molar-refractivity contribution in [3.05, 3.63) is 114 Å². The third kappa shape index (κ3) is 3.03. The second-order valence-corrected chi connectivity index (χ2v) is 7.99. The lowest BCUT2D eigenvalue weighted by molar-refractivity contribution is -0.384. The number of nitro benzene ring substituents is 1. The predicted octanol–water partition coefficient (Wildman–Crippen LogP) is 5.21. The lowest BCUT2D eigenvalue weighted by atomic mass is 9.98. The smallest absolute Gasteiger partial charge is 0.295 e. The molecule has 1 aliphatic heterocycles. The number of anilines is 1. The molecule has 0 fully saturated rings. The van der Waals surface area contributed by atoms with Gasteiger partial charge in [-0.3, -0.25) is 24.6 Å². The predicted molar refractivity (Wildman–Crippen MR) is 118 cm³/mol. The summed E-state index contributed by atoms with van der Waals surface area (Å²) in [6.07, 6.45) is 0. The number of nitrogens with zero attached hydrogens (tertiary/aromatic N) is 2. The average Bonchev–Trinajstić information content (AvgIpc) is 3.06. The van der Waals surface area contributed by atoms with Gasteiger partial charge < -0.3 is 4.42 Å². The van der Waals surface area contributed by atoms with Gasteiger partial charge in [-0.15, -0.1) is 0 Å². The van der Waals surface area contributed by atoms with Crippen LogP contribution in [0.3, 0.4) is 0 Å². The molecule has 0 radical (unpaired) electrons. The number of fused-ring (bicyclic) bond motifs is 2. The van der Waals surface area contributed by atoms with Crippen LogP contribution in [0, 0.1) is 10.1 Å². The minimum atomic E-state index is -0.779. The molecule has 7 nitrogen and oxygen atoms in total. The zero-order valence-corrected chi connectivity index (χ0v) is 17.4. The molecule has 8 heteroatoms. The number of carbonyl (C=O) groups is 1. The first kappa shape index (κ1) is 19.2. The SMILES string of the molecule is O=C1c2oc3ccccc3c(=O)c2[C@@H](c2ccc([N+](=O)[O-])cc2)N1c1cccc(Br)c1. The fourth-order valence-electron chi connectivity index (χ4n) is 3.91. The van der Waals surface area contributed by atoms with Gasteiger partial charge in [0.2, 0.25) is 5.76 Å². The Morgan fingerprint density at radius 1 is 0.968 bits per heavy atom. The zero-order valence-electron chi connectivity index (χ0n) is 15.8. The molecular formula is C23H13BrN2O5. The van der Waals surface area contributed by atoms with Crippen LogP contribution in [-0.2, 0) is 0 Å². The van der Waals surface area contributed by atoms with Gasteiger partial charge in [0.25, 0.3) is 11.6 Å². The van der Waals surface area contributed by atoms with E-state index >= 15 is 0 Å². The van der Waals surface area contributed by atoms with Crippen LogP contribution >= 0.6 is 15.9 Å². The van der Waals surface area contributed by atoms with Crippen molar-refractivity contribution >= 4 is 44.2 Å². The fourth-order valence-corrected chi connectivity index (χ4v) is 4.29. The topological polar surface area (TPSA) is 93.7 Å². The number of rotatable bonds is 3. The van der Waals surface area contributed by atoms with E-state index in [1.54, 1.807) is 54.6 Å². The van der Waals surface area contributed by atoms with Crippen molar-refractivity contribution in [2.45, 2.75) is 6.04 Å². The third-order valence-electron chi connectivity index (χ3n) is 5.28. The van der Waals surface area contributed by atoms with Crippen molar-refractivity contribution in [1.29, 1.82) is 0 Å². The molecule has 2 heterocycles. The summed E-state index contributed by atoms with van der Waals surface area (Å²) in [5.74, 6) is -0.466. The number of hydrogen-bond donors (Lipinski definition) is 0. The van der Waals surface area contributed by atoms with E-state index in [0.29, 0.717) is 22.2 Å². The maximum atomic E-state index is 13.4. The van der Waals surface area contributed by atoms with Crippen molar-refractivity contribution in [3.63, 3.8) is 0 Å². The highest BCUT2D eigenvalue weighted by atomic mass is 79.9.